The third-order valence-corrected chi connectivity index (χ3v) is 15.4. The molecular weight excluding hydrogens is 915 g/mol. The number of hydrogen-bond donors (Lipinski definition) is 1. The predicted molar refractivity (Wildman–Crippen MR) is 317 cm³/mol. The molecule has 376 valence electrons. The summed E-state index contributed by atoms with van der Waals surface area (Å²) in [6.45, 7) is 29.1. The van der Waals surface area contributed by atoms with Gasteiger partial charge in [-0.2, -0.15) is 0 Å². The van der Waals surface area contributed by atoms with E-state index in [1.54, 1.807) is 0 Å². The number of benzene rings is 8. The first-order valence-corrected chi connectivity index (χ1v) is 26.8. The molecule has 0 amide bonds. The second kappa shape index (κ2) is 18.3. The number of aromatic nitrogens is 3. The highest BCUT2D eigenvalue weighted by Gasteiger charge is 2.31. The minimum atomic E-state index is -0.359. The van der Waals surface area contributed by atoms with Gasteiger partial charge in [0.2, 0.25) is 0 Å². The van der Waals surface area contributed by atoms with Crippen LogP contribution in [0, 0.1) is 0 Å². The van der Waals surface area contributed by atoms with Crippen molar-refractivity contribution in [1.82, 2.24) is 14.5 Å². The first-order valence-electron chi connectivity index (χ1n) is 26.8. The van der Waals surface area contributed by atoms with Crippen LogP contribution in [-0.4, -0.2) is 19.6 Å². The lowest BCUT2D eigenvalue weighted by Gasteiger charge is -2.28. The number of aromatic hydroxyl groups is 1. The molecule has 0 radical (unpaired) electrons. The monoisotopic (exact) mass is 984 g/mol. The molecule has 0 aliphatic heterocycles. The van der Waals surface area contributed by atoms with E-state index >= 15 is 0 Å². The minimum absolute atomic E-state index is 0.104. The van der Waals surface area contributed by atoms with Gasteiger partial charge in [0.15, 0.2) is 0 Å². The largest absolute Gasteiger partial charge is 0.507 e. The molecule has 75 heavy (non-hydrogen) atoms. The highest BCUT2D eigenvalue weighted by molar-refractivity contribution is 6.19. The zero-order valence-corrected chi connectivity index (χ0v) is 45.9. The number of furan rings is 1. The first kappa shape index (κ1) is 49.5. The third kappa shape index (κ3) is 8.70. The summed E-state index contributed by atoms with van der Waals surface area (Å²) in [5, 5.41) is 17.0. The first-order chi connectivity index (χ1) is 35.7. The van der Waals surface area contributed by atoms with E-state index in [1.807, 2.05) is 6.20 Å². The molecule has 11 aromatic rings. The Kier molecular flexibility index (Phi) is 12.0. The highest BCUT2D eigenvalue weighted by atomic mass is 16.3. The molecule has 0 saturated heterocycles. The standard InChI is InChI=1S/C70H69N3O2/c1-41(2)49-25-19-26-50(42(3)4)62(49)45-33-34-71-59(37-45)46-35-55(66-56(36-46)53-31-29-44-23-17-18-24-51(44)65(53)75-66)52-27-20-28-61-63(52)72-67(57-39-48(69(8,9)10)40-58(64(57)74)70(11,12)13)73(61)60-32-30-47(68(5,6)7)38-54(60)43-21-15-14-16-22-43/h14-42,74H,1-13H3. The average molecular weight is 984 g/mol. The van der Waals surface area contributed by atoms with E-state index in [0.29, 0.717) is 23.2 Å². The van der Waals surface area contributed by atoms with Crippen LogP contribution in [0.25, 0.3) is 105 Å². The molecule has 3 aromatic heterocycles. The van der Waals surface area contributed by atoms with Crippen molar-refractivity contribution in [3.8, 4) is 67.5 Å². The minimum Gasteiger partial charge on any atom is -0.507 e. The molecule has 3 heterocycles. The fraction of sp³-hybridized carbons (Fsp3) is 0.257. The molecular formula is C70H69N3O2. The van der Waals surface area contributed by atoms with E-state index in [1.165, 1.54) is 22.3 Å². The number of phenolic OH excluding ortho intramolecular Hbond substituents is 1. The van der Waals surface area contributed by atoms with Gasteiger partial charge in [-0.1, -0.05) is 193 Å². The van der Waals surface area contributed by atoms with Gasteiger partial charge >= 0.3 is 0 Å². The van der Waals surface area contributed by atoms with E-state index in [-0.39, 0.29) is 22.0 Å². The lowest BCUT2D eigenvalue weighted by atomic mass is 9.79. The smallest absolute Gasteiger partial charge is 0.149 e. The van der Waals surface area contributed by atoms with E-state index in [2.05, 4.69) is 252 Å². The van der Waals surface area contributed by atoms with Crippen LogP contribution < -0.4 is 0 Å². The molecule has 0 aliphatic carbocycles. The fourth-order valence-corrected chi connectivity index (χ4v) is 11.2. The van der Waals surface area contributed by atoms with Crippen LogP contribution in [0.1, 0.15) is 130 Å². The van der Waals surface area contributed by atoms with Crippen LogP contribution in [0.15, 0.2) is 168 Å². The predicted octanol–water partition coefficient (Wildman–Crippen LogP) is 19.7. The molecule has 1 N–H and O–H groups in total. The number of imidazole rings is 1. The van der Waals surface area contributed by atoms with Crippen molar-refractivity contribution in [3.05, 3.63) is 192 Å². The number of fused-ring (bicyclic) bond motifs is 6. The van der Waals surface area contributed by atoms with Crippen LogP contribution in [0.4, 0.5) is 0 Å². The van der Waals surface area contributed by atoms with Crippen molar-refractivity contribution < 1.29 is 9.52 Å². The highest BCUT2D eigenvalue weighted by Crippen LogP contribution is 2.48. The van der Waals surface area contributed by atoms with Gasteiger partial charge in [0.05, 0.1) is 28.0 Å². The fourth-order valence-electron chi connectivity index (χ4n) is 11.2. The van der Waals surface area contributed by atoms with Gasteiger partial charge in [0, 0.05) is 50.2 Å². The summed E-state index contributed by atoms with van der Waals surface area (Å²) in [5.74, 6) is 1.58. The number of para-hydroxylation sites is 1. The lowest BCUT2D eigenvalue weighted by molar-refractivity contribution is 0.446. The zero-order valence-electron chi connectivity index (χ0n) is 45.9. The molecule has 0 saturated carbocycles. The summed E-state index contributed by atoms with van der Waals surface area (Å²) in [4.78, 5) is 11.0. The van der Waals surface area contributed by atoms with Crippen LogP contribution in [-0.2, 0) is 16.2 Å². The van der Waals surface area contributed by atoms with Crippen LogP contribution in [0.3, 0.4) is 0 Å². The second-order valence-corrected chi connectivity index (χ2v) is 24.4. The summed E-state index contributed by atoms with van der Waals surface area (Å²) in [7, 11) is 0. The zero-order chi connectivity index (χ0) is 52.9. The normalized spacial score (nSPS) is 12.6. The number of phenols is 1. The molecule has 5 heteroatoms. The van der Waals surface area contributed by atoms with Gasteiger partial charge in [-0.3, -0.25) is 9.55 Å². The Hall–Kier alpha value is -7.76. The molecule has 8 aromatic carbocycles. The Balaban J connectivity index is 1.26. The van der Waals surface area contributed by atoms with Crippen LogP contribution in [0.2, 0.25) is 0 Å². The van der Waals surface area contributed by atoms with Crippen molar-refractivity contribution in [3.63, 3.8) is 0 Å². The molecule has 0 atom stereocenters. The maximum absolute atomic E-state index is 12.8. The van der Waals surface area contributed by atoms with Gasteiger partial charge in [0.1, 0.15) is 22.7 Å². The SMILES string of the molecule is CC(C)c1cccc(C(C)C)c1-c1ccnc(-c2cc(-c3cccc4c3nc(-c3cc(C(C)(C)C)cc(C(C)(C)C)c3O)n4-c3ccc(C(C)(C)C)cc3-c3ccccc3)c3oc4c5ccccc5ccc4c3c2)c1. The third-order valence-electron chi connectivity index (χ3n) is 15.4. The van der Waals surface area contributed by atoms with Gasteiger partial charge in [-0.15, -0.1) is 0 Å². The summed E-state index contributed by atoms with van der Waals surface area (Å²) in [5.41, 5.74) is 18.5. The number of nitrogens with zero attached hydrogens (tertiary/aromatic N) is 3. The molecule has 0 bridgehead atoms. The molecule has 0 unspecified atom stereocenters. The number of pyridine rings is 1. The summed E-state index contributed by atoms with van der Waals surface area (Å²) >= 11 is 0. The number of rotatable bonds is 8. The van der Waals surface area contributed by atoms with E-state index in [9.17, 15) is 5.11 Å². The van der Waals surface area contributed by atoms with E-state index in [0.717, 1.165) is 99.6 Å². The van der Waals surface area contributed by atoms with Gasteiger partial charge in [0.25, 0.3) is 0 Å². The lowest BCUT2D eigenvalue weighted by Crippen LogP contribution is -2.17. The van der Waals surface area contributed by atoms with Crippen LogP contribution >= 0.6 is 0 Å². The quantitative estimate of drug-likeness (QED) is 0.165. The van der Waals surface area contributed by atoms with Gasteiger partial charge in [-0.25, -0.2) is 4.98 Å². The maximum atomic E-state index is 12.8. The Morgan fingerprint density at radius 2 is 1.17 bits per heavy atom. The van der Waals surface area contributed by atoms with Crippen molar-refractivity contribution in [2.75, 3.05) is 0 Å². The Morgan fingerprint density at radius 1 is 0.493 bits per heavy atom. The van der Waals surface area contributed by atoms with E-state index < -0.39 is 0 Å². The summed E-state index contributed by atoms with van der Waals surface area (Å²) in [6, 6.07) is 56.9. The topological polar surface area (TPSA) is 64.1 Å². The summed E-state index contributed by atoms with van der Waals surface area (Å²) < 4.78 is 9.52. The maximum Gasteiger partial charge on any atom is 0.149 e. The Labute approximate surface area is 443 Å². The van der Waals surface area contributed by atoms with Crippen molar-refractivity contribution in [2.45, 2.75) is 118 Å². The van der Waals surface area contributed by atoms with Gasteiger partial charge < -0.3 is 9.52 Å². The van der Waals surface area contributed by atoms with Crippen LogP contribution in [0.5, 0.6) is 5.75 Å². The molecule has 11 rings (SSSR count). The molecule has 0 fully saturated rings. The Bertz CT molecular complexity index is 3990. The average Bonchev–Trinajstić information content (AvgIpc) is 4.03. The molecule has 0 spiro atoms. The Morgan fingerprint density at radius 3 is 1.87 bits per heavy atom. The van der Waals surface area contributed by atoms with E-state index in [4.69, 9.17) is 14.4 Å². The van der Waals surface area contributed by atoms with Crippen molar-refractivity contribution >= 4 is 43.7 Å². The van der Waals surface area contributed by atoms with Gasteiger partial charge in [-0.05, 0) is 127 Å². The number of hydrogen-bond acceptors (Lipinski definition) is 4. The summed E-state index contributed by atoms with van der Waals surface area (Å²) in [6.07, 6.45) is 1.96. The van der Waals surface area contributed by atoms with Crippen molar-refractivity contribution in [2.24, 2.45) is 0 Å². The molecule has 0 aliphatic rings. The second-order valence-electron chi connectivity index (χ2n) is 24.4. The van der Waals surface area contributed by atoms with Crippen molar-refractivity contribution in [1.29, 1.82) is 0 Å². The molecule has 5 nitrogen and oxygen atoms in total.